The number of anilines is 1. The highest BCUT2D eigenvalue weighted by Crippen LogP contribution is 2.25. The molecule has 1 aliphatic heterocycles. The van der Waals surface area contributed by atoms with Crippen LogP contribution < -0.4 is 5.32 Å². The van der Waals surface area contributed by atoms with Crippen molar-refractivity contribution >= 4 is 11.6 Å². The smallest absolute Gasteiger partial charge is 0.256 e. The summed E-state index contributed by atoms with van der Waals surface area (Å²) in [5.74, 6) is 0.0730. The van der Waals surface area contributed by atoms with Crippen LogP contribution >= 0.6 is 0 Å². The number of amides is 1. The van der Waals surface area contributed by atoms with Gasteiger partial charge in [-0.15, -0.1) is 0 Å². The Bertz CT molecular complexity index is 450. The quantitative estimate of drug-likeness (QED) is 0.833. The van der Waals surface area contributed by atoms with E-state index in [1.807, 2.05) is 11.8 Å². The molecule has 1 fully saturated rings. The molecule has 0 spiro atoms. The Labute approximate surface area is 120 Å². The molecule has 0 aliphatic carbocycles. The Kier molecular flexibility index (Phi) is 5.35. The lowest BCUT2D eigenvalue weighted by Crippen LogP contribution is -2.36. The summed E-state index contributed by atoms with van der Waals surface area (Å²) in [6, 6.07) is 2.04. The average Bonchev–Trinajstić information content (AvgIpc) is 2.93. The molecule has 1 aromatic rings. The highest BCUT2D eigenvalue weighted by Gasteiger charge is 2.29. The van der Waals surface area contributed by atoms with Gasteiger partial charge in [0.25, 0.3) is 5.91 Å². The third kappa shape index (κ3) is 3.28. The molecule has 0 radical (unpaired) electrons. The largest absolute Gasteiger partial charge is 0.396 e. The number of carbonyl (C=O) groups excluding carboxylic acids is 1. The zero-order chi connectivity index (χ0) is 14.4. The predicted molar refractivity (Wildman–Crippen MR) is 78.8 cm³/mol. The highest BCUT2D eigenvalue weighted by molar-refractivity contribution is 5.99. The number of hydrogen-bond donors (Lipinski definition) is 2. The molecule has 1 saturated heterocycles. The predicted octanol–water partition coefficient (Wildman–Crippen LogP) is 1.89. The molecule has 5 nitrogen and oxygen atoms in total. The summed E-state index contributed by atoms with van der Waals surface area (Å²) >= 11 is 0. The maximum atomic E-state index is 12.7. The van der Waals surface area contributed by atoms with Crippen LogP contribution in [0, 0.1) is 0 Å². The van der Waals surface area contributed by atoms with Crippen molar-refractivity contribution in [3.63, 3.8) is 0 Å². The number of likely N-dealkylation sites (tertiary alicyclic amines) is 1. The normalized spacial score (nSPS) is 18.3. The molecule has 1 amide bonds. The van der Waals surface area contributed by atoms with Gasteiger partial charge in [0.1, 0.15) is 0 Å². The molecule has 0 bridgehead atoms. The summed E-state index contributed by atoms with van der Waals surface area (Å²) < 4.78 is 0. The van der Waals surface area contributed by atoms with Crippen LogP contribution in [0.5, 0.6) is 0 Å². The third-order valence-corrected chi connectivity index (χ3v) is 3.75. The number of pyridine rings is 1. The van der Waals surface area contributed by atoms with E-state index in [-0.39, 0.29) is 18.6 Å². The Morgan fingerprint density at radius 2 is 2.45 bits per heavy atom. The van der Waals surface area contributed by atoms with E-state index in [0.717, 1.165) is 44.5 Å². The van der Waals surface area contributed by atoms with E-state index < -0.39 is 0 Å². The fourth-order valence-electron chi connectivity index (χ4n) is 2.80. The molecule has 1 aromatic heterocycles. The zero-order valence-corrected chi connectivity index (χ0v) is 12.0. The summed E-state index contributed by atoms with van der Waals surface area (Å²) in [4.78, 5) is 18.7. The zero-order valence-electron chi connectivity index (χ0n) is 12.0. The van der Waals surface area contributed by atoms with Crippen molar-refractivity contribution in [2.45, 2.75) is 38.6 Å². The fraction of sp³-hybridized carbons (Fsp3) is 0.600. The SMILES string of the molecule is CCNc1cnccc1C(=O)N1CCCC1CCCO. The number of hydrogen-bond acceptors (Lipinski definition) is 4. The molecule has 20 heavy (non-hydrogen) atoms. The second kappa shape index (κ2) is 7.24. The summed E-state index contributed by atoms with van der Waals surface area (Å²) in [5.41, 5.74) is 1.49. The van der Waals surface area contributed by atoms with Crippen LogP contribution in [-0.2, 0) is 0 Å². The average molecular weight is 277 g/mol. The first-order chi connectivity index (χ1) is 9.77. The van der Waals surface area contributed by atoms with E-state index in [4.69, 9.17) is 5.11 Å². The molecule has 1 atom stereocenters. The van der Waals surface area contributed by atoms with Crippen molar-refractivity contribution in [2.75, 3.05) is 25.0 Å². The second-order valence-corrected chi connectivity index (χ2v) is 5.11. The van der Waals surface area contributed by atoms with Gasteiger partial charge in [0.15, 0.2) is 0 Å². The van der Waals surface area contributed by atoms with Crippen molar-refractivity contribution in [2.24, 2.45) is 0 Å². The maximum Gasteiger partial charge on any atom is 0.256 e. The molecule has 2 rings (SSSR count). The number of nitrogens with zero attached hydrogens (tertiary/aromatic N) is 2. The Morgan fingerprint density at radius 3 is 3.20 bits per heavy atom. The van der Waals surface area contributed by atoms with Gasteiger partial charge >= 0.3 is 0 Å². The molecule has 110 valence electrons. The Balaban J connectivity index is 2.13. The van der Waals surface area contributed by atoms with Crippen LogP contribution in [0.2, 0.25) is 0 Å². The van der Waals surface area contributed by atoms with Crippen LogP contribution in [0.3, 0.4) is 0 Å². The van der Waals surface area contributed by atoms with Gasteiger partial charge < -0.3 is 15.3 Å². The van der Waals surface area contributed by atoms with Gasteiger partial charge in [0.05, 0.1) is 17.4 Å². The molecule has 1 unspecified atom stereocenters. The lowest BCUT2D eigenvalue weighted by atomic mass is 10.1. The first-order valence-corrected chi connectivity index (χ1v) is 7.37. The minimum atomic E-state index is 0.0730. The van der Waals surface area contributed by atoms with Gasteiger partial charge in [-0.3, -0.25) is 9.78 Å². The van der Waals surface area contributed by atoms with E-state index >= 15 is 0 Å². The van der Waals surface area contributed by atoms with Gasteiger partial charge in [0.2, 0.25) is 0 Å². The molecular weight excluding hydrogens is 254 g/mol. The van der Waals surface area contributed by atoms with Crippen molar-refractivity contribution < 1.29 is 9.90 Å². The van der Waals surface area contributed by atoms with Crippen molar-refractivity contribution in [3.05, 3.63) is 24.0 Å². The first kappa shape index (κ1) is 14.8. The number of rotatable bonds is 6. The van der Waals surface area contributed by atoms with Crippen LogP contribution in [0.1, 0.15) is 43.0 Å². The third-order valence-electron chi connectivity index (χ3n) is 3.75. The molecule has 1 aliphatic rings. The number of carbonyl (C=O) groups is 1. The van der Waals surface area contributed by atoms with Crippen molar-refractivity contribution in [3.8, 4) is 0 Å². The van der Waals surface area contributed by atoms with E-state index in [1.165, 1.54) is 0 Å². The van der Waals surface area contributed by atoms with Crippen LogP contribution in [-0.4, -0.2) is 46.6 Å². The van der Waals surface area contributed by atoms with Gasteiger partial charge in [-0.2, -0.15) is 0 Å². The van der Waals surface area contributed by atoms with Gasteiger partial charge in [0, 0.05) is 31.9 Å². The fourth-order valence-corrected chi connectivity index (χ4v) is 2.80. The van der Waals surface area contributed by atoms with Gasteiger partial charge in [-0.05, 0) is 38.7 Å². The maximum absolute atomic E-state index is 12.7. The van der Waals surface area contributed by atoms with E-state index in [9.17, 15) is 4.79 Å². The Hall–Kier alpha value is -1.62. The van der Waals surface area contributed by atoms with Gasteiger partial charge in [-0.25, -0.2) is 0 Å². The first-order valence-electron chi connectivity index (χ1n) is 7.37. The highest BCUT2D eigenvalue weighted by atomic mass is 16.3. The van der Waals surface area contributed by atoms with E-state index in [0.29, 0.717) is 5.56 Å². The number of aliphatic hydroxyl groups is 1. The topological polar surface area (TPSA) is 65.5 Å². The van der Waals surface area contributed by atoms with Crippen LogP contribution in [0.15, 0.2) is 18.5 Å². The van der Waals surface area contributed by atoms with Crippen molar-refractivity contribution in [1.29, 1.82) is 0 Å². The number of aromatic nitrogens is 1. The minimum Gasteiger partial charge on any atom is -0.396 e. The standard InChI is InChI=1S/C15H23N3O2/c1-2-17-14-11-16-8-7-13(14)15(20)18-9-3-5-12(18)6-4-10-19/h7-8,11-12,17,19H,2-6,9-10H2,1H3. The second-order valence-electron chi connectivity index (χ2n) is 5.11. The lowest BCUT2D eigenvalue weighted by molar-refractivity contribution is 0.0725. The molecular formula is C15H23N3O2. The molecule has 5 heteroatoms. The summed E-state index contributed by atoms with van der Waals surface area (Å²) in [6.07, 6.45) is 7.08. The monoisotopic (exact) mass is 277 g/mol. The molecule has 2 heterocycles. The van der Waals surface area contributed by atoms with Crippen LogP contribution in [0.4, 0.5) is 5.69 Å². The lowest BCUT2D eigenvalue weighted by Gasteiger charge is -2.25. The van der Waals surface area contributed by atoms with Crippen LogP contribution in [0.25, 0.3) is 0 Å². The van der Waals surface area contributed by atoms with E-state index in [2.05, 4.69) is 10.3 Å². The summed E-state index contributed by atoms with van der Waals surface area (Å²) in [5, 5.41) is 12.1. The number of aliphatic hydroxyl groups excluding tert-OH is 1. The molecule has 2 N–H and O–H groups in total. The Morgan fingerprint density at radius 1 is 1.60 bits per heavy atom. The molecule has 0 saturated carbocycles. The summed E-state index contributed by atoms with van der Waals surface area (Å²) in [7, 11) is 0. The summed E-state index contributed by atoms with van der Waals surface area (Å²) in [6.45, 7) is 3.76. The number of nitrogens with one attached hydrogen (secondary N) is 1. The van der Waals surface area contributed by atoms with Gasteiger partial charge in [-0.1, -0.05) is 0 Å². The molecule has 0 aromatic carbocycles. The minimum absolute atomic E-state index is 0.0730. The van der Waals surface area contributed by atoms with Crippen molar-refractivity contribution in [1.82, 2.24) is 9.88 Å². The van der Waals surface area contributed by atoms with E-state index in [1.54, 1.807) is 18.5 Å².